The summed E-state index contributed by atoms with van der Waals surface area (Å²) in [5, 5.41) is 14.7. The lowest BCUT2D eigenvalue weighted by molar-refractivity contribution is -0.112. The van der Waals surface area contributed by atoms with E-state index in [9.17, 15) is 4.79 Å². The number of nitrogens with zero attached hydrogens (tertiary/aromatic N) is 1. The van der Waals surface area contributed by atoms with E-state index in [2.05, 4.69) is 10.6 Å². The summed E-state index contributed by atoms with van der Waals surface area (Å²) < 4.78 is 5.69. The molecule has 1 amide bonds. The molecule has 0 aliphatic carbocycles. The first-order chi connectivity index (χ1) is 11.6. The first-order valence-corrected chi connectivity index (χ1v) is 7.59. The molecule has 0 fully saturated rings. The zero-order valence-corrected chi connectivity index (χ0v) is 13.6. The molecule has 0 unspecified atom stereocenters. The Morgan fingerprint density at radius 1 is 1.08 bits per heavy atom. The van der Waals surface area contributed by atoms with Crippen LogP contribution in [0.15, 0.2) is 66.4 Å². The summed E-state index contributed by atoms with van der Waals surface area (Å²) in [5.41, 5.74) is 0.611. The minimum atomic E-state index is -0.456. The second-order valence-electron chi connectivity index (χ2n) is 5.38. The monoisotopic (exact) mass is 321 g/mol. The van der Waals surface area contributed by atoms with Crippen LogP contribution in [0.5, 0.6) is 11.5 Å². The molecule has 0 aliphatic rings. The maximum atomic E-state index is 12.1. The fraction of sp³-hybridized carbons (Fsp3) is 0.158. The second-order valence-corrected chi connectivity index (χ2v) is 5.38. The average molecular weight is 321 g/mol. The number of carbonyl (C=O) groups is 1. The highest BCUT2D eigenvalue weighted by atomic mass is 16.5. The number of ether oxygens (including phenoxy) is 1. The standard InChI is InChI=1S/C19H19N3O2/c1-14(2)21-13-15(12-20)19(23)22-16-8-10-18(11-9-16)24-17-6-4-3-5-7-17/h3-11,13-14,21H,1-2H3,(H,22,23)/b15-13-. The van der Waals surface area contributed by atoms with Crippen molar-refractivity contribution < 1.29 is 9.53 Å². The maximum Gasteiger partial charge on any atom is 0.267 e. The van der Waals surface area contributed by atoms with Gasteiger partial charge in [-0.05, 0) is 50.2 Å². The highest BCUT2D eigenvalue weighted by Crippen LogP contribution is 2.22. The summed E-state index contributed by atoms with van der Waals surface area (Å²) in [7, 11) is 0. The molecule has 2 aromatic rings. The first kappa shape index (κ1) is 17.1. The van der Waals surface area contributed by atoms with Crippen LogP contribution in [-0.4, -0.2) is 11.9 Å². The summed E-state index contributed by atoms with van der Waals surface area (Å²) >= 11 is 0. The number of nitriles is 1. The van der Waals surface area contributed by atoms with Gasteiger partial charge in [-0.25, -0.2) is 0 Å². The third-order valence-electron chi connectivity index (χ3n) is 3.02. The van der Waals surface area contributed by atoms with Crippen LogP contribution in [0.25, 0.3) is 0 Å². The molecule has 2 aromatic carbocycles. The van der Waals surface area contributed by atoms with Gasteiger partial charge >= 0.3 is 0 Å². The SMILES string of the molecule is CC(C)N/C=C(/C#N)C(=O)Nc1ccc(Oc2ccccc2)cc1. The Balaban J connectivity index is 1.99. The normalized spacial score (nSPS) is 10.8. The summed E-state index contributed by atoms with van der Waals surface area (Å²) in [6.07, 6.45) is 1.42. The minimum Gasteiger partial charge on any atom is -0.457 e. The van der Waals surface area contributed by atoms with Gasteiger partial charge in [0.1, 0.15) is 23.1 Å². The Labute approximate surface area is 141 Å². The molecule has 24 heavy (non-hydrogen) atoms. The molecule has 122 valence electrons. The third-order valence-corrected chi connectivity index (χ3v) is 3.02. The third kappa shape index (κ3) is 5.18. The molecule has 2 rings (SSSR count). The van der Waals surface area contributed by atoms with Crippen molar-refractivity contribution in [2.24, 2.45) is 0 Å². The molecule has 0 radical (unpaired) electrons. The summed E-state index contributed by atoms with van der Waals surface area (Å²) in [6.45, 7) is 3.85. The van der Waals surface area contributed by atoms with Crippen molar-refractivity contribution in [3.8, 4) is 17.6 Å². The lowest BCUT2D eigenvalue weighted by atomic mass is 10.2. The van der Waals surface area contributed by atoms with Gasteiger partial charge in [-0.1, -0.05) is 18.2 Å². The number of nitrogens with one attached hydrogen (secondary N) is 2. The molecule has 0 spiro atoms. The predicted molar refractivity (Wildman–Crippen MR) is 93.6 cm³/mol. The Hall–Kier alpha value is -3.26. The van der Waals surface area contributed by atoms with Gasteiger partial charge in [0.25, 0.3) is 5.91 Å². The van der Waals surface area contributed by atoms with E-state index in [1.165, 1.54) is 6.20 Å². The Morgan fingerprint density at radius 3 is 2.29 bits per heavy atom. The van der Waals surface area contributed by atoms with E-state index in [1.807, 2.05) is 50.2 Å². The molecule has 0 bridgehead atoms. The van der Waals surface area contributed by atoms with E-state index in [0.717, 1.165) is 5.75 Å². The minimum absolute atomic E-state index is 0.0216. The van der Waals surface area contributed by atoms with Crippen LogP contribution in [0.4, 0.5) is 5.69 Å². The van der Waals surface area contributed by atoms with E-state index in [0.29, 0.717) is 11.4 Å². The van der Waals surface area contributed by atoms with Gasteiger partial charge in [0.2, 0.25) is 0 Å². The van der Waals surface area contributed by atoms with Crippen molar-refractivity contribution in [3.63, 3.8) is 0 Å². The van der Waals surface area contributed by atoms with Crippen LogP contribution in [0.3, 0.4) is 0 Å². The topological polar surface area (TPSA) is 74.2 Å². The molecule has 5 heteroatoms. The van der Waals surface area contributed by atoms with Crippen molar-refractivity contribution in [2.75, 3.05) is 5.32 Å². The average Bonchev–Trinajstić information content (AvgIpc) is 2.58. The largest absolute Gasteiger partial charge is 0.457 e. The van der Waals surface area contributed by atoms with Crippen LogP contribution in [0, 0.1) is 11.3 Å². The van der Waals surface area contributed by atoms with Crippen LogP contribution in [-0.2, 0) is 4.79 Å². The Morgan fingerprint density at radius 2 is 1.71 bits per heavy atom. The molecule has 0 atom stereocenters. The van der Waals surface area contributed by atoms with Crippen LogP contribution >= 0.6 is 0 Å². The molecule has 0 aromatic heterocycles. The van der Waals surface area contributed by atoms with E-state index < -0.39 is 5.91 Å². The number of amides is 1. The molecule has 0 aliphatic heterocycles. The van der Waals surface area contributed by atoms with Crippen LogP contribution < -0.4 is 15.4 Å². The lowest BCUT2D eigenvalue weighted by Gasteiger charge is -2.08. The number of carbonyl (C=O) groups excluding carboxylic acids is 1. The van der Waals surface area contributed by atoms with Crippen LogP contribution in [0.2, 0.25) is 0 Å². The summed E-state index contributed by atoms with van der Waals surface area (Å²) in [5.74, 6) is 0.947. The highest BCUT2D eigenvalue weighted by Gasteiger charge is 2.09. The Bertz CT molecular complexity index is 744. The van der Waals surface area contributed by atoms with E-state index in [-0.39, 0.29) is 11.6 Å². The summed E-state index contributed by atoms with van der Waals surface area (Å²) in [6, 6.07) is 18.4. The van der Waals surface area contributed by atoms with Gasteiger partial charge in [-0.15, -0.1) is 0 Å². The predicted octanol–water partition coefficient (Wildman–Crippen LogP) is 3.82. The number of para-hydroxylation sites is 1. The van der Waals surface area contributed by atoms with Crippen molar-refractivity contribution in [1.29, 1.82) is 5.26 Å². The van der Waals surface area contributed by atoms with E-state index in [1.54, 1.807) is 24.3 Å². The quantitative estimate of drug-likeness (QED) is 0.626. The molecular weight excluding hydrogens is 302 g/mol. The molecular formula is C19H19N3O2. The van der Waals surface area contributed by atoms with Gasteiger partial charge in [0.05, 0.1) is 0 Å². The fourth-order valence-corrected chi connectivity index (χ4v) is 1.83. The number of anilines is 1. The highest BCUT2D eigenvalue weighted by molar-refractivity contribution is 6.06. The lowest BCUT2D eigenvalue weighted by Crippen LogP contribution is -2.20. The smallest absolute Gasteiger partial charge is 0.267 e. The van der Waals surface area contributed by atoms with Crippen molar-refractivity contribution in [3.05, 3.63) is 66.4 Å². The Kier molecular flexibility index (Phi) is 5.98. The fourth-order valence-electron chi connectivity index (χ4n) is 1.83. The first-order valence-electron chi connectivity index (χ1n) is 7.59. The molecule has 0 saturated heterocycles. The van der Waals surface area contributed by atoms with Gasteiger partial charge in [-0.2, -0.15) is 5.26 Å². The number of benzene rings is 2. The zero-order valence-electron chi connectivity index (χ0n) is 13.6. The number of hydrogen-bond donors (Lipinski definition) is 2. The number of hydrogen-bond acceptors (Lipinski definition) is 4. The van der Waals surface area contributed by atoms with Gasteiger partial charge in [-0.3, -0.25) is 4.79 Å². The molecule has 0 heterocycles. The van der Waals surface area contributed by atoms with Crippen molar-refractivity contribution in [1.82, 2.24) is 5.32 Å². The van der Waals surface area contributed by atoms with Gasteiger partial charge < -0.3 is 15.4 Å². The van der Waals surface area contributed by atoms with Crippen molar-refractivity contribution in [2.45, 2.75) is 19.9 Å². The second kappa shape index (κ2) is 8.39. The van der Waals surface area contributed by atoms with E-state index >= 15 is 0 Å². The van der Waals surface area contributed by atoms with Crippen molar-refractivity contribution >= 4 is 11.6 Å². The maximum absolute atomic E-state index is 12.1. The number of rotatable bonds is 6. The van der Waals surface area contributed by atoms with Crippen LogP contribution in [0.1, 0.15) is 13.8 Å². The molecule has 0 saturated carbocycles. The van der Waals surface area contributed by atoms with Gasteiger partial charge in [0.15, 0.2) is 0 Å². The van der Waals surface area contributed by atoms with Gasteiger partial charge in [0, 0.05) is 17.9 Å². The molecule has 2 N–H and O–H groups in total. The molecule has 5 nitrogen and oxygen atoms in total. The summed E-state index contributed by atoms with van der Waals surface area (Å²) in [4.78, 5) is 12.1. The van der Waals surface area contributed by atoms with E-state index in [4.69, 9.17) is 10.00 Å². The zero-order chi connectivity index (χ0) is 17.4.